The van der Waals surface area contributed by atoms with Crippen LogP contribution < -0.4 is 16.4 Å². The van der Waals surface area contributed by atoms with Gasteiger partial charge in [0.2, 0.25) is 5.95 Å². The fraction of sp³-hybridized carbons (Fsp3) is 0.346. The Morgan fingerprint density at radius 3 is 2.80 bits per heavy atom. The van der Waals surface area contributed by atoms with Crippen molar-refractivity contribution in [2.75, 3.05) is 12.4 Å². The average molecular weight is 490 g/mol. The van der Waals surface area contributed by atoms with Crippen LogP contribution in [0.15, 0.2) is 53.5 Å². The minimum Gasteiger partial charge on any atom is -0.403 e. The Balaban J connectivity index is 1.53. The number of carbonyl (C=O) groups excluding carboxylic acids is 1. The lowest BCUT2D eigenvalue weighted by Gasteiger charge is -2.26. The Kier molecular flexibility index (Phi) is 7.25. The zero-order valence-corrected chi connectivity index (χ0v) is 21.3. The molecule has 1 unspecified atom stereocenters. The first-order valence-electron chi connectivity index (χ1n) is 11.6. The van der Waals surface area contributed by atoms with E-state index in [-0.39, 0.29) is 17.4 Å². The van der Waals surface area contributed by atoms with E-state index in [1.807, 2.05) is 12.1 Å². The van der Waals surface area contributed by atoms with Crippen molar-refractivity contribution >= 4 is 29.4 Å². The maximum absolute atomic E-state index is 13.0. The van der Waals surface area contributed by atoms with Crippen LogP contribution in [0, 0.1) is 0 Å². The van der Waals surface area contributed by atoms with Gasteiger partial charge < -0.3 is 16.4 Å². The molecule has 1 amide bonds. The van der Waals surface area contributed by atoms with E-state index in [0.29, 0.717) is 16.5 Å². The van der Waals surface area contributed by atoms with Crippen molar-refractivity contribution in [3.63, 3.8) is 0 Å². The van der Waals surface area contributed by atoms with Crippen LogP contribution in [0.3, 0.4) is 0 Å². The minimum atomic E-state index is -0.0703. The van der Waals surface area contributed by atoms with E-state index in [2.05, 4.69) is 63.5 Å². The van der Waals surface area contributed by atoms with Crippen molar-refractivity contribution in [3.05, 3.63) is 69.6 Å². The average Bonchev–Trinajstić information content (AvgIpc) is 3.35. The molecular formula is C26H31N7OS. The molecule has 0 fully saturated rings. The normalized spacial score (nSPS) is 16.2. The van der Waals surface area contributed by atoms with Crippen LogP contribution in [0.1, 0.15) is 65.5 Å². The van der Waals surface area contributed by atoms with E-state index in [9.17, 15) is 4.79 Å². The number of nitrogens with zero attached hydrogens (tertiary/aromatic N) is 4. The van der Waals surface area contributed by atoms with Gasteiger partial charge in [-0.25, -0.2) is 15.0 Å². The number of hydrogen-bond donors (Lipinski definition) is 3. The summed E-state index contributed by atoms with van der Waals surface area (Å²) in [6.45, 7) is 6.31. The number of benzene rings is 1. The number of thiazole rings is 1. The zero-order chi connectivity index (χ0) is 25.0. The van der Waals surface area contributed by atoms with Gasteiger partial charge in [-0.05, 0) is 42.5 Å². The summed E-state index contributed by atoms with van der Waals surface area (Å²) in [7, 11) is 1.67. The van der Waals surface area contributed by atoms with Gasteiger partial charge in [-0.15, -0.1) is 11.3 Å². The highest BCUT2D eigenvalue weighted by Gasteiger charge is 2.25. The van der Waals surface area contributed by atoms with Gasteiger partial charge >= 0.3 is 0 Å². The molecule has 182 valence electrons. The van der Waals surface area contributed by atoms with Crippen LogP contribution in [-0.4, -0.2) is 34.1 Å². The molecule has 0 radical (unpaired) electrons. The van der Waals surface area contributed by atoms with Crippen molar-refractivity contribution < 1.29 is 4.79 Å². The van der Waals surface area contributed by atoms with Gasteiger partial charge in [-0.2, -0.15) is 0 Å². The second-order valence-corrected chi connectivity index (χ2v) is 10.5. The lowest BCUT2D eigenvalue weighted by Crippen LogP contribution is -2.30. The maximum atomic E-state index is 13.0. The summed E-state index contributed by atoms with van der Waals surface area (Å²) in [5, 5.41) is 7.26. The van der Waals surface area contributed by atoms with Crippen molar-refractivity contribution in [1.29, 1.82) is 0 Å². The molecule has 0 aliphatic heterocycles. The molecule has 1 aliphatic rings. The van der Waals surface area contributed by atoms with Gasteiger partial charge in [-0.3, -0.25) is 9.79 Å². The lowest BCUT2D eigenvalue weighted by molar-refractivity contribution is 0.0936. The van der Waals surface area contributed by atoms with Crippen LogP contribution in [0.25, 0.3) is 11.3 Å². The van der Waals surface area contributed by atoms with E-state index in [0.717, 1.165) is 41.1 Å². The molecule has 0 saturated carbocycles. The highest BCUT2D eigenvalue weighted by molar-refractivity contribution is 7.13. The quantitative estimate of drug-likeness (QED) is 0.435. The zero-order valence-electron chi connectivity index (χ0n) is 20.5. The van der Waals surface area contributed by atoms with Crippen LogP contribution in [0.4, 0.5) is 5.95 Å². The Hall–Kier alpha value is -3.59. The van der Waals surface area contributed by atoms with E-state index in [1.165, 1.54) is 23.1 Å². The molecule has 1 atom stereocenters. The number of aryl methyl sites for hydroxylation is 1. The molecule has 1 aliphatic carbocycles. The van der Waals surface area contributed by atoms with Gasteiger partial charge in [-0.1, -0.05) is 32.9 Å². The summed E-state index contributed by atoms with van der Waals surface area (Å²) < 4.78 is 0. The first kappa shape index (κ1) is 24.5. The Morgan fingerprint density at radius 1 is 1.26 bits per heavy atom. The smallest absolute Gasteiger partial charge is 0.263 e. The number of hydrogen-bond acceptors (Lipinski definition) is 8. The molecule has 0 saturated heterocycles. The van der Waals surface area contributed by atoms with Crippen LogP contribution in [0.2, 0.25) is 0 Å². The monoisotopic (exact) mass is 489 g/mol. The molecule has 4 N–H and O–H groups in total. The Morgan fingerprint density at radius 2 is 2.09 bits per heavy atom. The number of nitrogens with two attached hydrogens (primary N) is 1. The predicted molar refractivity (Wildman–Crippen MR) is 142 cm³/mol. The van der Waals surface area contributed by atoms with Crippen molar-refractivity contribution in [3.8, 4) is 11.3 Å². The van der Waals surface area contributed by atoms with Gasteiger partial charge in [0.05, 0.1) is 28.6 Å². The largest absolute Gasteiger partial charge is 0.403 e. The summed E-state index contributed by atoms with van der Waals surface area (Å²) in [6, 6.07) is 8.18. The van der Waals surface area contributed by atoms with Gasteiger partial charge in [0.1, 0.15) is 4.88 Å². The second kappa shape index (κ2) is 10.4. The predicted octanol–water partition coefficient (Wildman–Crippen LogP) is 4.62. The Labute approximate surface area is 209 Å². The fourth-order valence-electron chi connectivity index (χ4n) is 4.04. The summed E-state index contributed by atoms with van der Waals surface area (Å²) in [6.07, 6.45) is 9.32. The number of rotatable bonds is 6. The molecule has 1 aromatic carbocycles. The molecule has 8 nitrogen and oxygen atoms in total. The summed E-state index contributed by atoms with van der Waals surface area (Å²) >= 11 is 1.46. The topological polar surface area (TPSA) is 118 Å². The summed E-state index contributed by atoms with van der Waals surface area (Å²) in [5.41, 5.74) is 10.4. The lowest BCUT2D eigenvalue weighted by atomic mass is 9.86. The van der Waals surface area contributed by atoms with Crippen molar-refractivity contribution in [2.24, 2.45) is 10.7 Å². The third-order valence-electron chi connectivity index (χ3n) is 5.79. The molecule has 4 rings (SSSR count). The first-order valence-corrected chi connectivity index (χ1v) is 12.4. The number of anilines is 1. The summed E-state index contributed by atoms with van der Waals surface area (Å²) in [4.78, 5) is 30.9. The number of aromatic nitrogens is 3. The van der Waals surface area contributed by atoms with Crippen molar-refractivity contribution in [2.45, 2.75) is 51.5 Å². The fourth-order valence-corrected chi connectivity index (χ4v) is 4.92. The standard InChI is InChI=1S/C26H31N7OS/c1-26(2,3)24-30-15-22(35-24)23(34)32-21-7-5-6-16-12-17(8-9-19(16)21)20-10-11-29-25(33-20)31-18(13-27)14-28-4/h8-15,21H,5-7,27H2,1-4H3,(H,32,34)(H,29,31,33). The molecule has 35 heavy (non-hydrogen) atoms. The number of allylic oxidation sites excluding steroid dienone is 1. The van der Waals surface area contributed by atoms with E-state index in [1.54, 1.807) is 25.7 Å². The van der Waals surface area contributed by atoms with Crippen LogP contribution in [0.5, 0.6) is 0 Å². The van der Waals surface area contributed by atoms with Crippen LogP contribution in [-0.2, 0) is 11.8 Å². The molecule has 2 aromatic heterocycles. The third-order valence-corrected chi connectivity index (χ3v) is 7.21. The highest BCUT2D eigenvalue weighted by atomic mass is 32.1. The molecule has 3 aromatic rings. The van der Waals surface area contributed by atoms with Crippen LogP contribution >= 0.6 is 11.3 Å². The SMILES string of the molecule is CN=CC(=CN)Nc1nccc(-c2ccc3c(c2)CCCC3NC(=O)c2cnc(C(C)(C)C)s2)n1. The maximum Gasteiger partial charge on any atom is 0.263 e. The Bertz CT molecular complexity index is 1270. The second-order valence-electron chi connectivity index (χ2n) is 9.51. The van der Waals surface area contributed by atoms with Crippen molar-refractivity contribution in [1.82, 2.24) is 20.3 Å². The number of nitrogens with one attached hydrogen (secondary N) is 2. The molecular weight excluding hydrogens is 458 g/mol. The molecule has 0 bridgehead atoms. The first-order chi connectivity index (χ1) is 16.8. The summed E-state index contributed by atoms with van der Waals surface area (Å²) in [5.74, 6) is 0.381. The van der Waals surface area contributed by atoms with E-state index < -0.39 is 0 Å². The van der Waals surface area contributed by atoms with Gasteiger partial charge in [0.15, 0.2) is 0 Å². The third kappa shape index (κ3) is 5.74. The number of fused-ring (bicyclic) bond motifs is 1. The molecule has 9 heteroatoms. The number of aliphatic imine (C=N–C) groups is 1. The molecule has 0 spiro atoms. The number of amides is 1. The van der Waals surface area contributed by atoms with E-state index in [4.69, 9.17) is 5.73 Å². The van der Waals surface area contributed by atoms with E-state index >= 15 is 0 Å². The highest BCUT2D eigenvalue weighted by Crippen LogP contribution is 2.34. The molecule has 2 heterocycles. The minimum absolute atomic E-state index is 0.0197. The van der Waals surface area contributed by atoms with Gasteiger partial charge in [0.25, 0.3) is 5.91 Å². The van der Waals surface area contributed by atoms with Gasteiger partial charge in [0, 0.05) is 36.6 Å². The number of carbonyl (C=O) groups is 1.